The number of carbonyl (C=O) groups excluding carboxylic acids is 2. The van der Waals surface area contributed by atoms with Crippen LogP contribution in [0.25, 0.3) is 10.6 Å². The lowest BCUT2D eigenvalue weighted by Gasteiger charge is -2.10. The van der Waals surface area contributed by atoms with Crippen molar-refractivity contribution in [2.75, 3.05) is 5.32 Å². The highest BCUT2D eigenvalue weighted by Gasteiger charge is 2.45. The third-order valence-corrected chi connectivity index (χ3v) is 5.53. The number of rotatable bonds is 5. The van der Waals surface area contributed by atoms with E-state index in [4.69, 9.17) is 4.74 Å². The number of aryl methyl sites for hydroxylation is 1. The van der Waals surface area contributed by atoms with Gasteiger partial charge in [-0.15, -0.1) is 11.3 Å². The van der Waals surface area contributed by atoms with Crippen LogP contribution in [0.4, 0.5) is 10.6 Å². The summed E-state index contributed by atoms with van der Waals surface area (Å²) in [5, 5.41) is 5.85. The molecule has 29 heavy (non-hydrogen) atoms. The predicted octanol–water partition coefficient (Wildman–Crippen LogP) is 4.15. The Morgan fingerprint density at radius 3 is 2.59 bits per heavy atom. The maximum Gasteiger partial charge on any atom is 0.327 e. The summed E-state index contributed by atoms with van der Waals surface area (Å²) in [5.74, 6) is 1.18. The zero-order valence-corrected chi connectivity index (χ0v) is 16.7. The molecule has 0 spiro atoms. The van der Waals surface area contributed by atoms with Crippen LogP contribution < -0.4 is 15.4 Å². The molecule has 3 aromatic rings. The molecule has 8 nitrogen and oxygen atoms in total. The molecule has 3 heterocycles. The summed E-state index contributed by atoms with van der Waals surface area (Å²) < 4.78 is 5.82. The predicted molar refractivity (Wildman–Crippen MR) is 109 cm³/mol. The lowest BCUT2D eigenvalue weighted by molar-refractivity contribution is -0.124. The lowest BCUT2D eigenvalue weighted by Crippen LogP contribution is -2.38. The molecule has 0 radical (unpaired) electrons. The van der Waals surface area contributed by atoms with E-state index in [-0.39, 0.29) is 5.91 Å². The SMILES string of the molecule is Cc1ncc(-c2cc(Oc3ccc(NC(=O)NC(=O)C4(C)CC4)nc3)ccn2)s1. The van der Waals surface area contributed by atoms with Crippen LogP contribution in [0.2, 0.25) is 0 Å². The lowest BCUT2D eigenvalue weighted by atomic mass is 10.1. The van der Waals surface area contributed by atoms with E-state index < -0.39 is 11.4 Å². The van der Waals surface area contributed by atoms with E-state index in [2.05, 4.69) is 25.6 Å². The van der Waals surface area contributed by atoms with Crippen LogP contribution in [0, 0.1) is 12.3 Å². The fraction of sp³-hybridized carbons (Fsp3) is 0.250. The van der Waals surface area contributed by atoms with Gasteiger partial charge in [0.05, 0.1) is 21.8 Å². The van der Waals surface area contributed by atoms with Crippen molar-refractivity contribution in [3.63, 3.8) is 0 Å². The summed E-state index contributed by atoms with van der Waals surface area (Å²) in [7, 11) is 0. The normalized spacial score (nSPS) is 14.1. The molecule has 0 unspecified atom stereocenters. The number of pyridine rings is 2. The van der Waals surface area contributed by atoms with Gasteiger partial charge in [-0.3, -0.25) is 20.4 Å². The maximum atomic E-state index is 11.9. The van der Waals surface area contributed by atoms with Gasteiger partial charge in [-0.2, -0.15) is 0 Å². The van der Waals surface area contributed by atoms with Crippen molar-refractivity contribution in [1.29, 1.82) is 0 Å². The largest absolute Gasteiger partial charge is 0.456 e. The minimum absolute atomic E-state index is 0.264. The second kappa shape index (κ2) is 7.59. The van der Waals surface area contributed by atoms with Gasteiger partial charge >= 0.3 is 6.03 Å². The molecule has 4 rings (SSSR count). The molecule has 148 valence electrons. The highest BCUT2D eigenvalue weighted by molar-refractivity contribution is 7.15. The molecule has 3 aromatic heterocycles. The van der Waals surface area contributed by atoms with Crippen LogP contribution >= 0.6 is 11.3 Å². The Hall–Kier alpha value is -3.33. The van der Waals surface area contributed by atoms with E-state index in [1.807, 2.05) is 19.9 Å². The van der Waals surface area contributed by atoms with Gasteiger partial charge in [-0.05, 0) is 38.0 Å². The molecule has 1 fully saturated rings. The summed E-state index contributed by atoms with van der Waals surface area (Å²) >= 11 is 1.56. The standard InChI is InChI=1S/C20H19N5O3S/c1-12-22-11-16(29-12)15-9-13(5-8-21-15)28-14-3-4-17(23-10-14)24-19(27)25-18(26)20(2)6-7-20/h3-5,8-11H,6-7H2,1-2H3,(H2,23,24,25,26,27). The van der Waals surface area contributed by atoms with E-state index >= 15 is 0 Å². The molecule has 0 aliphatic heterocycles. The van der Waals surface area contributed by atoms with Crippen LogP contribution in [0.3, 0.4) is 0 Å². The fourth-order valence-corrected chi connectivity index (χ4v) is 3.30. The van der Waals surface area contributed by atoms with Crippen molar-refractivity contribution >= 4 is 29.1 Å². The van der Waals surface area contributed by atoms with Gasteiger partial charge in [0.25, 0.3) is 0 Å². The Balaban J connectivity index is 1.37. The summed E-state index contributed by atoms with van der Waals surface area (Å²) in [5.41, 5.74) is 0.369. The minimum atomic E-state index is -0.595. The van der Waals surface area contributed by atoms with Crippen molar-refractivity contribution in [3.05, 3.63) is 47.9 Å². The van der Waals surface area contributed by atoms with Crippen molar-refractivity contribution in [3.8, 4) is 22.1 Å². The number of thiazole rings is 1. The van der Waals surface area contributed by atoms with Crippen molar-refractivity contribution < 1.29 is 14.3 Å². The molecule has 1 aliphatic carbocycles. The van der Waals surface area contributed by atoms with Crippen molar-refractivity contribution in [1.82, 2.24) is 20.3 Å². The Labute approximate surface area is 171 Å². The molecule has 1 aliphatic rings. The van der Waals surface area contributed by atoms with E-state index in [1.165, 1.54) is 6.20 Å². The first-order valence-corrected chi connectivity index (χ1v) is 9.88. The van der Waals surface area contributed by atoms with Gasteiger partial charge < -0.3 is 4.74 Å². The minimum Gasteiger partial charge on any atom is -0.456 e. The molecule has 0 aromatic carbocycles. The Bertz CT molecular complexity index is 1060. The van der Waals surface area contributed by atoms with Gasteiger partial charge in [0.2, 0.25) is 5.91 Å². The third-order valence-electron chi connectivity index (χ3n) is 4.59. The second-order valence-electron chi connectivity index (χ2n) is 7.07. The number of carbonyl (C=O) groups is 2. The van der Waals surface area contributed by atoms with E-state index in [1.54, 1.807) is 41.9 Å². The number of nitrogens with one attached hydrogen (secondary N) is 2. The number of aromatic nitrogens is 3. The molecule has 2 N–H and O–H groups in total. The summed E-state index contributed by atoms with van der Waals surface area (Å²) in [6, 6.07) is 6.27. The number of anilines is 1. The second-order valence-corrected chi connectivity index (χ2v) is 8.31. The van der Waals surface area contributed by atoms with Crippen molar-refractivity contribution in [2.45, 2.75) is 26.7 Å². The van der Waals surface area contributed by atoms with Gasteiger partial charge in [0, 0.05) is 23.9 Å². The Morgan fingerprint density at radius 2 is 1.93 bits per heavy atom. The van der Waals surface area contributed by atoms with Crippen LogP contribution in [-0.2, 0) is 4.79 Å². The van der Waals surface area contributed by atoms with Gasteiger partial charge in [0.15, 0.2) is 0 Å². The van der Waals surface area contributed by atoms with Crippen LogP contribution in [0.5, 0.6) is 11.5 Å². The molecule has 1 saturated carbocycles. The highest BCUT2D eigenvalue weighted by atomic mass is 32.1. The highest BCUT2D eigenvalue weighted by Crippen LogP contribution is 2.44. The first kappa shape index (κ1) is 19.0. The molecule has 3 amide bonds. The molecular weight excluding hydrogens is 390 g/mol. The van der Waals surface area contributed by atoms with Gasteiger partial charge in [-0.25, -0.2) is 14.8 Å². The molecule has 9 heteroatoms. The number of hydrogen-bond acceptors (Lipinski definition) is 7. The topological polar surface area (TPSA) is 106 Å². The van der Waals surface area contributed by atoms with Gasteiger partial charge in [0.1, 0.15) is 17.3 Å². The summed E-state index contributed by atoms with van der Waals surface area (Å²) in [4.78, 5) is 37.5. The first-order chi connectivity index (χ1) is 13.9. The first-order valence-electron chi connectivity index (χ1n) is 9.06. The zero-order chi connectivity index (χ0) is 20.4. The number of nitrogens with zero attached hydrogens (tertiary/aromatic N) is 3. The van der Waals surface area contributed by atoms with E-state index in [9.17, 15) is 9.59 Å². The Morgan fingerprint density at radius 1 is 1.10 bits per heavy atom. The number of urea groups is 1. The van der Waals surface area contributed by atoms with Crippen molar-refractivity contribution in [2.24, 2.45) is 5.41 Å². The quantitative estimate of drug-likeness (QED) is 0.656. The average Bonchev–Trinajstić information content (AvgIpc) is 3.31. The molecule has 0 saturated heterocycles. The summed E-state index contributed by atoms with van der Waals surface area (Å²) in [6.45, 7) is 3.78. The Kier molecular flexibility index (Phi) is 4.98. The molecule has 0 bridgehead atoms. The molecule has 0 atom stereocenters. The number of imide groups is 1. The van der Waals surface area contributed by atoms with E-state index in [0.717, 1.165) is 28.4 Å². The van der Waals surface area contributed by atoms with Crippen LogP contribution in [0.1, 0.15) is 24.8 Å². The number of hydrogen-bond donors (Lipinski definition) is 2. The monoisotopic (exact) mass is 409 g/mol. The smallest absolute Gasteiger partial charge is 0.327 e. The zero-order valence-electron chi connectivity index (χ0n) is 15.9. The van der Waals surface area contributed by atoms with Crippen LogP contribution in [-0.4, -0.2) is 26.9 Å². The molecular formula is C20H19N5O3S. The summed E-state index contributed by atoms with van der Waals surface area (Å²) in [6.07, 6.45) is 6.56. The van der Waals surface area contributed by atoms with Gasteiger partial charge in [-0.1, -0.05) is 6.92 Å². The average molecular weight is 409 g/mol. The van der Waals surface area contributed by atoms with Crippen LogP contribution in [0.15, 0.2) is 42.9 Å². The fourth-order valence-electron chi connectivity index (χ4n) is 2.56. The maximum absolute atomic E-state index is 11.9. The number of amides is 3. The number of ether oxygens (including phenoxy) is 1. The van der Waals surface area contributed by atoms with E-state index in [0.29, 0.717) is 17.3 Å². The third kappa shape index (κ3) is 4.57.